The zero-order valence-corrected chi connectivity index (χ0v) is 14.5. The normalized spacial score (nSPS) is 20.4. The molecule has 10 heteroatoms. The van der Waals surface area contributed by atoms with E-state index in [1.165, 1.54) is 12.1 Å². The standard InChI is InChI=1S/C16H15N5O4S/c1-26(24,25)7-2-3-10-9(6-7)11-8(12-15(23)21-16(17)20-12)4-5-18-14(22)13(11)19-10/h2-3,6,19H,4-5H2,1H3,(H,18,22)(H3,17,20,21,23). The van der Waals surface area contributed by atoms with E-state index in [2.05, 4.69) is 20.6 Å². The zero-order valence-electron chi connectivity index (χ0n) is 13.7. The monoisotopic (exact) mass is 373 g/mol. The number of rotatable bonds is 1. The van der Waals surface area contributed by atoms with Crippen molar-refractivity contribution < 1.29 is 18.0 Å². The number of aromatic nitrogens is 1. The number of H-pyrrole nitrogens is 1. The minimum absolute atomic E-state index is 0.0146. The van der Waals surface area contributed by atoms with Gasteiger partial charge in [0, 0.05) is 29.3 Å². The average molecular weight is 373 g/mol. The molecule has 0 atom stereocenters. The van der Waals surface area contributed by atoms with Crippen LogP contribution in [0.1, 0.15) is 22.5 Å². The molecule has 2 aromatic rings. The van der Waals surface area contributed by atoms with Crippen LogP contribution in [0.3, 0.4) is 0 Å². The van der Waals surface area contributed by atoms with Crippen molar-refractivity contribution in [3.05, 3.63) is 35.2 Å². The van der Waals surface area contributed by atoms with Crippen LogP contribution in [0.15, 0.2) is 33.8 Å². The first-order valence-electron chi connectivity index (χ1n) is 7.78. The second kappa shape index (κ2) is 5.43. The first-order chi connectivity index (χ1) is 12.3. The molecule has 2 aliphatic rings. The van der Waals surface area contributed by atoms with Crippen molar-refractivity contribution >= 4 is 44.1 Å². The summed E-state index contributed by atoms with van der Waals surface area (Å²) in [6.07, 6.45) is 1.48. The summed E-state index contributed by atoms with van der Waals surface area (Å²) < 4.78 is 23.9. The quantitative estimate of drug-likeness (QED) is 0.512. The molecule has 2 aliphatic heterocycles. The second-order valence-electron chi connectivity index (χ2n) is 6.14. The fourth-order valence-electron chi connectivity index (χ4n) is 3.23. The Morgan fingerprint density at radius 1 is 1.23 bits per heavy atom. The minimum atomic E-state index is -3.43. The number of amides is 2. The molecular weight excluding hydrogens is 358 g/mol. The number of guanidine groups is 1. The van der Waals surface area contributed by atoms with E-state index in [-0.39, 0.29) is 28.2 Å². The predicted molar refractivity (Wildman–Crippen MR) is 95.0 cm³/mol. The Balaban J connectivity index is 2.06. The minimum Gasteiger partial charge on any atom is -0.369 e. The van der Waals surface area contributed by atoms with Crippen molar-refractivity contribution in [1.82, 2.24) is 15.6 Å². The highest BCUT2D eigenvalue weighted by Crippen LogP contribution is 2.35. The predicted octanol–water partition coefficient (Wildman–Crippen LogP) is -0.139. The van der Waals surface area contributed by atoms with Gasteiger partial charge >= 0.3 is 0 Å². The van der Waals surface area contributed by atoms with E-state index < -0.39 is 15.7 Å². The number of nitrogens with zero attached hydrogens (tertiary/aromatic N) is 1. The molecular formula is C16H15N5O4S. The summed E-state index contributed by atoms with van der Waals surface area (Å²) in [5.41, 5.74) is 7.70. The number of nitrogens with one attached hydrogen (secondary N) is 3. The lowest BCUT2D eigenvalue weighted by molar-refractivity contribution is -0.114. The highest BCUT2D eigenvalue weighted by Gasteiger charge is 2.30. The SMILES string of the molecule is CS(=O)(=O)c1ccc2[nH]c3c(c2c1)C(=C1NC(N)=NC1=O)CCNC3=O. The Morgan fingerprint density at radius 3 is 2.65 bits per heavy atom. The Kier molecular flexibility index (Phi) is 3.41. The Labute approximate surface area is 148 Å². The van der Waals surface area contributed by atoms with Crippen molar-refractivity contribution in [3.8, 4) is 0 Å². The van der Waals surface area contributed by atoms with Crippen molar-refractivity contribution in [3.63, 3.8) is 0 Å². The van der Waals surface area contributed by atoms with Gasteiger partial charge in [-0.1, -0.05) is 0 Å². The van der Waals surface area contributed by atoms with Crippen LogP contribution in [0.5, 0.6) is 0 Å². The van der Waals surface area contributed by atoms with Crippen LogP contribution in [-0.2, 0) is 14.6 Å². The van der Waals surface area contributed by atoms with Crippen LogP contribution < -0.4 is 16.4 Å². The van der Waals surface area contributed by atoms with Gasteiger partial charge in [-0.2, -0.15) is 4.99 Å². The van der Waals surface area contributed by atoms with E-state index in [0.29, 0.717) is 35.0 Å². The van der Waals surface area contributed by atoms with Crippen LogP contribution >= 0.6 is 0 Å². The second-order valence-corrected chi connectivity index (χ2v) is 8.16. The van der Waals surface area contributed by atoms with Gasteiger partial charge in [0.05, 0.1) is 4.90 Å². The Hall–Kier alpha value is -3.14. The number of carbonyl (C=O) groups is 2. The van der Waals surface area contributed by atoms with Gasteiger partial charge in [-0.3, -0.25) is 9.59 Å². The lowest BCUT2D eigenvalue weighted by atomic mass is 9.97. The van der Waals surface area contributed by atoms with E-state index in [1.54, 1.807) is 6.07 Å². The molecule has 0 radical (unpaired) electrons. The number of hydrogen-bond acceptors (Lipinski definition) is 6. The molecule has 0 bridgehead atoms. The van der Waals surface area contributed by atoms with Crippen molar-refractivity contribution in [2.75, 3.05) is 12.8 Å². The number of nitrogens with two attached hydrogens (primary N) is 1. The first-order valence-corrected chi connectivity index (χ1v) is 9.68. The van der Waals surface area contributed by atoms with Gasteiger partial charge in [0.2, 0.25) is 5.96 Å². The van der Waals surface area contributed by atoms with Gasteiger partial charge in [0.25, 0.3) is 11.8 Å². The molecule has 1 aromatic carbocycles. The molecule has 0 aliphatic carbocycles. The molecule has 9 nitrogen and oxygen atoms in total. The van der Waals surface area contributed by atoms with Crippen molar-refractivity contribution in [1.29, 1.82) is 0 Å². The number of carbonyl (C=O) groups excluding carboxylic acids is 2. The van der Waals surface area contributed by atoms with Crippen LogP contribution in [0.2, 0.25) is 0 Å². The van der Waals surface area contributed by atoms with E-state index in [4.69, 9.17) is 5.73 Å². The zero-order chi connectivity index (χ0) is 18.6. The van der Waals surface area contributed by atoms with Gasteiger partial charge in [0.1, 0.15) is 11.4 Å². The third-order valence-electron chi connectivity index (χ3n) is 4.38. The number of aliphatic imine (C=N–C) groups is 1. The molecule has 134 valence electrons. The number of benzene rings is 1. The average Bonchev–Trinajstić information content (AvgIpc) is 3.05. The van der Waals surface area contributed by atoms with Crippen molar-refractivity contribution in [2.24, 2.45) is 10.7 Å². The molecule has 26 heavy (non-hydrogen) atoms. The highest BCUT2D eigenvalue weighted by atomic mass is 32.2. The maximum Gasteiger partial charge on any atom is 0.296 e. The Morgan fingerprint density at radius 2 is 2.00 bits per heavy atom. The third kappa shape index (κ3) is 2.46. The largest absolute Gasteiger partial charge is 0.369 e. The Bertz CT molecular complexity index is 1160. The third-order valence-corrected chi connectivity index (χ3v) is 5.49. The lowest BCUT2D eigenvalue weighted by Crippen LogP contribution is -2.26. The van der Waals surface area contributed by atoms with Crippen LogP contribution in [-0.4, -0.2) is 44.0 Å². The van der Waals surface area contributed by atoms with Gasteiger partial charge in [-0.25, -0.2) is 8.42 Å². The summed E-state index contributed by atoms with van der Waals surface area (Å²) in [6, 6.07) is 4.58. The summed E-state index contributed by atoms with van der Waals surface area (Å²) in [6.45, 7) is 0.322. The summed E-state index contributed by atoms with van der Waals surface area (Å²) in [5.74, 6) is -0.863. The maximum atomic E-state index is 12.4. The molecule has 5 N–H and O–H groups in total. The molecule has 0 spiro atoms. The van der Waals surface area contributed by atoms with Crippen molar-refractivity contribution in [2.45, 2.75) is 11.3 Å². The van der Waals surface area contributed by atoms with E-state index >= 15 is 0 Å². The van der Waals surface area contributed by atoms with Gasteiger partial charge in [0.15, 0.2) is 9.84 Å². The smallest absolute Gasteiger partial charge is 0.296 e. The molecule has 4 rings (SSSR count). The van der Waals surface area contributed by atoms with E-state index in [0.717, 1.165) is 6.26 Å². The lowest BCUT2D eigenvalue weighted by Gasteiger charge is -2.09. The molecule has 0 unspecified atom stereocenters. The topological polar surface area (TPSA) is 147 Å². The van der Waals surface area contributed by atoms with Crippen LogP contribution in [0, 0.1) is 0 Å². The summed E-state index contributed by atoms with van der Waals surface area (Å²) in [5, 5.41) is 6.04. The number of hydrogen-bond donors (Lipinski definition) is 4. The van der Waals surface area contributed by atoms with Crippen LogP contribution in [0.25, 0.3) is 16.5 Å². The molecule has 1 aromatic heterocycles. The molecule has 0 saturated heterocycles. The molecule has 2 amide bonds. The number of sulfone groups is 1. The number of fused-ring (bicyclic) bond motifs is 3. The summed E-state index contributed by atoms with van der Waals surface area (Å²) in [7, 11) is -3.43. The molecule has 0 fully saturated rings. The maximum absolute atomic E-state index is 12.4. The van der Waals surface area contributed by atoms with E-state index in [9.17, 15) is 18.0 Å². The molecule has 0 saturated carbocycles. The van der Waals surface area contributed by atoms with E-state index in [1.807, 2.05) is 0 Å². The summed E-state index contributed by atoms with van der Waals surface area (Å²) in [4.78, 5) is 31.4. The van der Waals surface area contributed by atoms with Gasteiger partial charge < -0.3 is 21.4 Å². The van der Waals surface area contributed by atoms with Gasteiger partial charge in [-0.15, -0.1) is 0 Å². The molecule has 3 heterocycles. The highest BCUT2D eigenvalue weighted by molar-refractivity contribution is 7.90. The van der Waals surface area contributed by atoms with Gasteiger partial charge in [-0.05, 0) is 30.2 Å². The van der Waals surface area contributed by atoms with Crippen LogP contribution in [0.4, 0.5) is 0 Å². The summed E-state index contributed by atoms with van der Waals surface area (Å²) >= 11 is 0. The fraction of sp³-hybridized carbons (Fsp3) is 0.188. The number of aromatic amines is 1. The fourth-order valence-corrected chi connectivity index (χ4v) is 3.88. The first kappa shape index (κ1) is 16.3.